The van der Waals surface area contributed by atoms with Crippen molar-refractivity contribution in [3.8, 4) is 0 Å². The monoisotopic (exact) mass is 451 g/mol. The Balaban J connectivity index is 1.59. The molecule has 2 fully saturated rings. The van der Waals surface area contributed by atoms with Crippen molar-refractivity contribution in [2.75, 3.05) is 50.8 Å². The number of likely N-dealkylation sites (tertiary alicyclic amines) is 1. The van der Waals surface area contributed by atoms with Gasteiger partial charge in [-0.25, -0.2) is 4.98 Å². The Labute approximate surface area is 183 Å². The minimum atomic E-state index is -0.297. The van der Waals surface area contributed by atoms with E-state index in [9.17, 15) is 14.4 Å². The predicted molar refractivity (Wildman–Crippen MR) is 114 cm³/mol. The number of imide groups is 1. The van der Waals surface area contributed by atoms with Gasteiger partial charge in [0.15, 0.2) is 5.13 Å². The average Bonchev–Trinajstić information content (AvgIpc) is 3.31. The van der Waals surface area contributed by atoms with Crippen molar-refractivity contribution in [2.45, 2.75) is 19.8 Å². The summed E-state index contributed by atoms with van der Waals surface area (Å²) in [4.78, 5) is 45.9. The maximum absolute atomic E-state index is 13.2. The molecule has 160 valence electrons. The molecule has 1 aromatic heterocycles. The quantitative estimate of drug-likeness (QED) is 0.652. The van der Waals surface area contributed by atoms with Crippen LogP contribution < -0.4 is 9.80 Å². The van der Waals surface area contributed by atoms with Crippen LogP contribution in [-0.2, 0) is 19.1 Å². The number of thiazole rings is 1. The molecule has 10 heteroatoms. The van der Waals surface area contributed by atoms with E-state index in [-0.39, 0.29) is 37.1 Å². The van der Waals surface area contributed by atoms with Gasteiger partial charge in [0.05, 0.1) is 36.5 Å². The van der Waals surface area contributed by atoms with Crippen LogP contribution >= 0.6 is 22.9 Å². The molecule has 0 unspecified atom stereocenters. The molecule has 2 saturated heterocycles. The van der Waals surface area contributed by atoms with Crippen molar-refractivity contribution in [3.05, 3.63) is 22.7 Å². The van der Waals surface area contributed by atoms with Crippen LogP contribution in [0, 0.1) is 6.92 Å². The summed E-state index contributed by atoms with van der Waals surface area (Å²) in [5.41, 5.74) is 1.64. The summed E-state index contributed by atoms with van der Waals surface area (Å²) in [6, 6.07) is 3.72. The van der Waals surface area contributed by atoms with E-state index in [0.717, 1.165) is 40.3 Å². The van der Waals surface area contributed by atoms with E-state index in [1.54, 1.807) is 4.90 Å². The molecule has 3 amide bonds. The van der Waals surface area contributed by atoms with Gasteiger partial charge < -0.3 is 9.64 Å². The van der Waals surface area contributed by atoms with Gasteiger partial charge in [0.1, 0.15) is 19.6 Å². The van der Waals surface area contributed by atoms with Crippen molar-refractivity contribution in [1.29, 1.82) is 0 Å². The number of ether oxygens (including phenoxy) is 1. The Hall–Kier alpha value is -2.07. The number of fused-ring (bicyclic) bond motifs is 1. The normalized spacial score (nSPS) is 17.9. The fourth-order valence-electron chi connectivity index (χ4n) is 3.73. The number of aryl methyl sites for hydroxylation is 1. The van der Waals surface area contributed by atoms with Crippen LogP contribution in [0.5, 0.6) is 0 Å². The molecule has 0 saturated carbocycles. The van der Waals surface area contributed by atoms with Gasteiger partial charge in [-0.2, -0.15) is 0 Å². The third-order valence-electron chi connectivity index (χ3n) is 5.61. The second-order valence-corrected chi connectivity index (χ2v) is 8.96. The number of hydrogen-bond donors (Lipinski definition) is 1. The van der Waals surface area contributed by atoms with Crippen LogP contribution in [0.2, 0.25) is 5.02 Å². The molecule has 2 aliphatic rings. The average molecular weight is 452 g/mol. The van der Waals surface area contributed by atoms with Crippen LogP contribution in [0.4, 0.5) is 5.13 Å². The van der Waals surface area contributed by atoms with Crippen molar-refractivity contribution in [3.63, 3.8) is 0 Å². The zero-order valence-corrected chi connectivity index (χ0v) is 18.4. The fraction of sp³-hybridized carbons (Fsp3) is 0.500. The Bertz CT molecular complexity index is 973. The summed E-state index contributed by atoms with van der Waals surface area (Å²) in [6.07, 6.45) is 0.339. The third-order valence-corrected chi connectivity index (χ3v) is 7.06. The number of aromatic nitrogens is 1. The van der Waals surface area contributed by atoms with E-state index < -0.39 is 0 Å². The number of quaternary nitrogens is 1. The maximum atomic E-state index is 13.2. The molecule has 3 heterocycles. The summed E-state index contributed by atoms with van der Waals surface area (Å²) in [5, 5.41) is 1.19. The van der Waals surface area contributed by atoms with Crippen molar-refractivity contribution in [2.24, 2.45) is 0 Å². The number of anilines is 1. The molecule has 2 aliphatic heterocycles. The number of rotatable bonds is 6. The first-order chi connectivity index (χ1) is 14.4. The van der Waals surface area contributed by atoms with Crippen molar-refractivity contribution in [1.82, 2.24) is 9.88 Å². The minimum absolute atomic E-state index is 0.170. The number of morpholine rings is 1. The lowest BCUT2D eigenvalue weighted by Crippen LogP contribution is -3.14. The summed E-state index contributed by atoms with van der Waals surface area (Å²) in [6.45, 7) is 6.05. The molecule has 0 bridgehead atoms. The van der Waals surface area contributed by atoms with E-state index in [0.29, 0.717) is 29.9 Å². The number of carbonyl (C=O) groups excluding carboxylic acids is 3. The largest absolute Gasteiger partial charge is 0.370 e. The summed E-state index contributed by atoms with van der Waals surface area (Å²) in [5.74, 6) is -0.882. The second-order valence-electron chi connectivity index (χ2n) is 7.55. The first-order valence-corrected chi connectivity index (χ1v) is 11.2. The van der Waals surface area contributed by atoms with Gasteiger partial charge in [-0.05, 0) is 24.6 Å². The molecular weight excluding hydrogens is 428 g/mol. The van der Waals surface area contributed by atoms with Crippen LogP contribution in [-0.4, -0.2) is 73.5 Å². The van der Waals surface area contributed by atoms with Gasteiger partial charge in [0.25, 0.3) is 0 Å². The number of hydrogen-bond acceptors (Lipinski definition) is 6. The lowest BCUT2D eigenvalue weighted by molar-refractivity contribution is -0.906. The number of halogens is 1. The molecule has 2 aromatic rings. The number of nitrogens with zero attached hydrogens (tertiary/aromatic N) is 3. The highest BCUT2D eigenvalue weighted by atomic mass is 35.5. The molecule has 0 atom stereocenters. The SMILES string of the molecule is Cc1c(Cl)ccc2sc(N(CC[NH+]3CCOCC3)C(=O)CN3C(=O)CCC3=O)nc12. The highest BCUT2D eigenvalue weighted by molar-refractivity contribution is 7.22. The molecule has 8 nitrogen and oxygen atoms in total. The van der Waals surface area contributed by atoms with Crippen LogP contribution in [0.25, 0.3) is 10.2 Å². The number of carbonyl (C=O) groups is 3. The van der Waals surface area contributed by atoms with E-state index >= 15 is 0 Å². The molecule has 1 N–H and O–H groups in total. The zero-order chi connectivity index (χ0) is 21.3. The lowest BCUT2D eigenvalue weighted by atomic mass is 10.2. The molecule has 1 aromatic carbocycles. The smallest absolute Gasteiger partial charge is 0.249 e. The van der Waals surface area contributed by atoms with Crippen molar-refractivity contribution < 1.29 is 24.0 Å². The van der Waals surface area contributed by atoms with Gasteiger partial charge in [-0.1, -0.05) is 22.9 Å². The maximum Gasteiger partial charge on any atom is 0.249 e. The Morgan fingerprint density at radius 2 is 1.97 bits per heavy atom. The summed E-state index contributed by atoms with van der Waals surface area (Å²) in [7, 11) is 0. The second kappa shape index (κ2) is 8.97. The first kappa shape index (κ1) is 21.2. The Morgan fingerprint density at radius 3 is 2.67 bits per heavy atom. The number of nitrogens with one attached hydrogen (secondary N) is 1. The first-order valence-electron chi connectivity index (χ1n) is 10.0. The van der Waals surface area contributed by atoms with Gasteiger partial charge in [0.2, 0.25) is 17.7 Å². The number of amides is 3. The standard InChI is InChI=1S/C20H23ClN4O4S/c1-13-14(21)2-3-15-19(13)22-20(30-15)24(7-6-23-8-10-29-11-9-23)18(28)12-25-16(26)4-5-17(25)27/h2-3H,4-12H2,1H3/p+1. The third kappa shape index (κ3) is 4.34. The predicted octanol–water partition coefficient (Wildman–Crippen LogP) is 0.655. The summed E-state index contributed by atoms with van der Waals surface area (Å²) >= 11 is 7.65. The van der Waals surface area contributed by atoms with Crippen LogP contribution in [0.15, 0.2) is 12.1 Å². The molecule has 0 aliphatic carbocycles. The minimum Gasteiger partial charge on any atom is -0.370 e. The van der Waals surface area contributed by atoms with Gasteiger partial charge in [-0.3, -0.25) is 24.2 Å². The topological polar surface area (TPSA) is 84.3 Å². The molecule has 0 spiro atoms. The highest BCUT2D eigenvalue weighted by Crippen LogP contribution is 2.33. The van der Waals surface area contributed by atoms with E-state index in [1.807, 2.05) is 19.1 Å². The lowest BCUT2D eigenvalue weighted by Gasteiger charge is -2.27. The molecule has 0 radical (unpaired) electrons. The Kier molecular flexibility index (Phi) is 6.33. The zero-order valence-electron chi connectivity index (χ0n) is 16.8. The summed E-state index contributed by atoms with van der Waals surface area (Å²) < 4.78 is 6.35. The van der Waals surface area contributed by atoms with E-state index in [2.05, 4.69) is 4.98 Å². The number of benzene rings is 1. The van der Waals surface area contributed by atoms with Crippen molar-refractivity contribution >= 4 is 56.0 Å². The van der Waals surface area contributed by atoms with Gasteiger partial charge in [0, 0.05) is 17.9 Å². The molecule has 4 rings (SSSR count). The van der Waals surface area contributed by atoms with Gasteiger partial charge in [-0.15, -0.1) is 0 Å². The Morgan fingerprint density at radius 1 is 1.27 bits per heavy atom. The fourth-order valence-corrected chi connectivity index (χ4v) is 4.95. The van der Waals surface area contributed by atoms with Gasteiger partial charge >= 0.3 is 0 Å². The highest BCUT2D eigenvalue weighted by Gasteiger charge is 2.33. The molecular formula is C20H24ClN4O4S+. The van der Waals surface area contributed by atoms with E-state index in [4.69, 9.17) is 16.3 Å². The molecule has 30 heavy (non-hydrogen) atoms. The van der Waals surface area contributed by atoms with Crippen LogP contribution in [0.1, 0.15) is 18.4 Å². The van der Waals surface area contributed by atoms with Crippen LogP contribution in [0.3, 0.4) is 0 Å². The van der Waals surface area contributed by atoms with E-state index in [1.165, 1.54) is 16.2 Å².